The molecule has 0 aliphatic heterocycles. The van der Waals surface area contributed by atoms with Gasteiger partial charge in [-0.15, -0.1) is 0 Å². The van der Waals surface area contributed by atoms with Crippen molar-refractivity contribution >= 4 is 0 Å². The average molecular weight is 270 g/mol. The molecule has 2 nitrogen and oxygen atoms in total. The van der Waals surface area contributed by atoms with Crippen molar-refractivity contribution in [2.75, 3.05) is 19.6 Å². The molecule has 0 fully saturated rings. The van der Waals surface area contributed by atoms with Crippen molar-refractivity contribution < 1.29 is 8.78 Å². The third kappa shape index (κ3) is 4.25. The molecule has 2 N–H and O–H groups in total. The molecule has 0 bridgehead atoms. The van der Waals surface area contributed by atoms with E-state index in [9.17, 15) is 8.78 Å². The van der Waals surface area contributed by atoms with Crippen LogP contribution >= 0.6 is 0 Å². The summed E-state index contributed by atoms with van der Waals surface area (Å²) in [5.41, 5.74) is 6.28. The number of rotatable bonds is 7. The zero-order chi connectivity index (χ0) is 14.4. The van der Waals surface area contributed by atoms with Gasteiger partial charge >= 0.3 is 0 Å². The standard InChI is InChI=1S/C15H24F2N2/c1-4-11(3)10-19(5-2)15(9-18)13-7-6-12(16)8-14(13)17/h6-8,11,15H,4-5,9-10,18H2,1-3H3. The monoisotopic (exact) mass is 270 g/mol. The van der Waals surface area contributed by atoms with Gasteiger partial charge in [-0.2, -0.15) is 0 Å². The zero-order valence-electron chi connectivity index (χ0n) is 12.0. The van der Waals surface area contributed by atoms with Gasteiger partial charge in [-0.25, -0.2) is 8.78 Å². The van der Waals surface area contributed by atoms with Crippen LogP contribution in [0.2, 0.25) is 0 Å². The quantitative estimate of drug-likeness (QED) is 0.823. The van der Waals surface area contributed by atoms with Crippen molar-refractivity contribution in [2.24, 2.45) is 11.7 Å². The lowest BCUT2D eigenvalue weighted by molar-refractivity contribution is 0.179. The molecule has 0 aliphatic rings. The van der Waals surface area contributed by atoms with Crippen LogP contribution in [0.5, 0.6) is 0 Å². The predicted molar refractivity (Wildman–Crippen MR) is 74.9 cm³/mol. The van der Waals surface area contributed by atoms with Crippen LogP contribution in [0.1, 0.15) is 38.8 Å². The molecule has 19 heavy (non-hydrogen) atoms. The molecule has 0 amide bonds. The molecule has 4 heteroatoms. The van der Waals surface area contributed by atoms with Crippen LogP contribution in [0.4, 0.5) is 8.78 Å². The fourth-order valence-electron chi connectivity index (χ4n) is 2.25. The molecule has 1 rings (SSSR count). The van der Waals surface area contributed by atoms with Gasteiger partial charge in [0.25, 0.3) is 0 Å². The fraction of sp³-hybridized carbons (Fsp3) is 0.600. The van der Waals surface area contributed by atoms with E-state index in [-0.39, 0.29) is 6.04 Å². The normalized spacial score (nSPS) is 14.7. The van der Waals surface area contributed by atoms with Crippen molar-refractivity contribution in [1.29, 1.82) is 0 Å². The van der Waals surface area contributed by atoms with Crippen LogP contribution in [0, 0.1) is 17.6 Å². The first-order valence-electron chi connectivity index (χ1n) is 6.92. The summed E-state index contributed by atoms with van der Waals surface area (Å²) in [6, 6.07) is 3.52. The Bertz CT molecular complexity index is 396. The molecular formula is C15H24F2N2. The summed E-state index contributed by atoms with van der Waals surface area (Å²) >= 11 is 0. The van der Waals surface area contributed by atoms with Gasteiger partial charge in [0.2, 0.25) is 0 Å². The summed E-state index contributed by atoms with van der Waals surface area (Å²) in [5.74, 6) is -0.544. The van der Waals surface area contributed by atoms with Gasteiger partial charge in [0.05, 0.1) is 0 Å². The van der Waals surface area contributed by atoms with E-state index in [1.807, 2.05) is 6.92 Å². The predicted octanol–water partition coefficient (Wildman–Crippen LogP) is 3.33. The van der Waals surface area contributed by atoms with E-state index >= 15 is 0 Å². The maximum Gasteiger partial charge on any atom is 0.130 e. The average Bonchev–Trinajstić information content (AvgIpc) is 2.40. The first-order chi connectivity index (χ1) is 9.03. The molecule has 2 unspecified atom stereocenters. The van der Waals surface area contributed by atoms with Gasteiger partial charge in [0.1, 0.15) is 11.6 Å². The van der Waals surface area contributed by atoms with E-state index in [1.54, 1.807) is 0 Å². The van der Waals surface area contributed by atoms with Crippen molar-refractivity contribution in [2.45, 2.75) is 33.2 Å². The Morgan fingerprint density at radius 3 is 2.42 bits per heavy atom. The Balaban J connectivity index is 2.96. The topological polar surface area (TPSA) is 29.3 Å². The van der Waals surface area contributed by atoms with E-state index < -0.39 is 11.6 Å². The summed E-state index contributed by atoms with van der Waals surface area (Å²) < 4.78 is 26.9. The second-order valence-corrected chi connectivity index (χ2v) is 5.02. The number of halogens is 2. The summed E-state index contributed by atoms with van der Waals surface area (Å²) in [7, 11) is 0. The number of benzene rings is 1. The highest BCUT2D eigenvalue weighted by atomic mass is 19.1. The fourth-order valence-corrected chi connectivity index (χ4v) is 2.25. The second-order valence-electron chi connectivity index (χ2n) is 5.02. The Hall–Kier alpha value is -1.00. The van der Waals surface area contributed by atoms with E-state index in [4.69, 9.17) is 5.73 Å². The number of hydrogen-bond donors (Lipinski definition) is 1. The SMILES string of the molecule is CCC(C)CN(CC)C(CN)c1ccc(F)cc1F. The third-order valence-corrected chi connectivity index (χ3v) is 3.63. The maximum absolute atomic E-state index is 13.9. The smallest absolute Gasteiger partial charge is 0.130 e. The van der Waals surface area contributed by atoms with Crippen LogP contribution < -0.4 is 5.73 Å². The zero-order valence-corrected chi connectivity index (χ0v) is 12.0. The van der Waals surface area contributed by atoms with Crippen LogP contribution in [0.3, 0.4) is 0 Å². The Morgan fingerprint density at radius 1 is 1.26 bits per heavy atom. The highest BCUT2D eigenvalue weighted by Gasteiger charge is 2.22. The first kappa shape index (κ1) is 16.1. The first-order valence-corrected chi connectivity index (χ1v) is 6.92. The Kier molecular flexibility index (Phi) is 6.38. The van der Waals surface area contributed by atoms with E-state index in [0.29, 0.717) is 18.0 Å². The molecule has 0 aromatic heterocycles. The van der Waals surface area contributed by atoms with Crippen LogP contribution in [0.15, 0.2) is 18.2 Å². The minimum atomic E-state index is -0.554. The Labute approximate surface area is 114 Å². The van der Waals surface area contributed by atoms with Gasteiger partial charge in [-0.05, 0) is 18.5 Å². The van der Waals surface area contributed by atoms with Crippen molar-refractivity contribution in [3.8, 4) is 0 Å². The van der Waals surface area contributed by atoms with E-state index in [0.717, 1.165) is 25.6 Å². The lowest BCUT2D eigenvalue weighted by atomic mass is 10.0. The minimum Gasteiger partial charge on any atom is -0.329 e. The molecule has 0 aliphatic carbocycles. The van der Waals surface area contributed by atoms with E-state index in [1.165, 1.54) is 12.1 Å². The van der Waals surface area contributed by atoms with Gasteiger partial charge in [-0.1, -0.05) is 33.3 Å². The second kappa shape index (κ2) is 7.56. The molecule has 1 aromatic carbocycles. The molecule has 0 saturated heterocycles. The number of hydrogen-bond acceptors (Lipinski definition) is 2. The number of likely N-dealkylation sites (N-methyl/N-ethyl adjacent to an activating group) is 1. The third-order valence-electron chi connectivity index (χ3n) is 3.63. The van der Waals surface area contributed by atoms with Gasteiger partial charge in [0.15, 0.2) is 0 Å². The van der Waals surface area contributed by atoms with Crippen molar-refractivity contribution in [1.82, 2.24) is 4.90 Å². The molecule has 1 aromatic rings. The maximum atomic E-state index is 13.9. The molecular weight excluding hydrogens is 246 g/mol. The molecule has 108 valence electrons. The molecule has 0 saturated carbocycles. The van der Waals surface area contributed by atoms with Crippen molar-refractivity contribution in [3.05, 3.63) is 35.4 Å². The van der Waals surface area contributed by atoms with Crippen LogP contribution in [-0.2, 0) is 0 Å². The summed E-state index contributed by atoms with van der Waals surface area (Å²) in [5, 5.41) is 0. The molecule has 0 heterocycles. The lowest BCUT2D eigenvalue weighted by Gasteiger charge is -2.32. The minimum absolute atomic E-state index is 0.195. The van der Waals surface area contributed by atoms with E-state index in [2.05, 4.69) is 18.7 Å². The Morgan fingerprint density at radius 2 is 1.95 bits per heavy atom. The van der Waals surface area contributed by atoms with Gasteiger partial charge < -0.3 is 5.73 Å². The molecule has 0 radical (unpaired) electrons. The van der Waals surface area contributed by atoms with Crippen molar-refractivity contribution in [3.63, 3.8) is 0 Å². The van der Waals surface area contributed by atoms with Gasteiger partial charge in [0, 0.05) is 30.8 Å². The largest absolute Gasteiger partial charge is 0.329 e. The van der Waals surface area contributed by atoms with Gasteiger partial charge in [-0.3, -0.25) is 4.90 Å². The number of nitrogens with two attached hydrogens (primary N) is 1. The summed E-state index contributed by atoms with van der Waals surface area (Å²) in [6.07, 6.45) is 1.07. The highest BCUT2D eigenvalue weighted by molar-refractivity contribution is 5.22. The highest BCUT2D eigenvalue weighted by Crippen LogP contribution is 2.24. The number of nitrogens with zero attached hydrogens (tertiary/aromatic N) is 1. The van der Waals surface area contributed by atoms with Crippen LogP contribution in [0.25, 0.3) is 0 Å². The van der Waals surface area contributed by atoms with Crippen LogP contribution in [-0.4, -0.2) is 24.5 Å². The summed E-state index contributed by atoms with van der Waals surface area (Å²) in [4.78, 5) is 2.16. The molecule has 2 atom stereocenters. The summed E-state index contributed by atoms with van der Waals surface area (Å²) in [6.45, 7) is 8.32. The lowest BCUT2D eigenvalue weighted by Crippen LogP contribution is -2.37. The molecule has 0 spiro atoms.